The summed E-state index contributed by atoms with van der Waals surface area (Å²) in [4.78, 5) is 13.6. The summed E-state index contributed by atoms with van der Waals surface area (Å²) >= 11 is 1.96. The van der Waals surface area contributed by atoms with Gasteiger partial charge in [0.25, 0.3) is 0 Å². The van der Waals surface area contributed by atoms with Gasteiger partial charge in [-0.05, 0) is 25.1 Å². The molecule has 17 heavy (non-hydrogen) atoms. The first kappa shape index (κ1) is 12.5. The maximum absolute atomic E-state index is 11.3. The number of nitrogens with zero attached hydrogens (tertiary/aromatic N) is 1. The minimum absolute atomic E-state index is 0.0421. The van der Waals surface area contributed by atoms with Gasteiger partial charge in [-0.15, -0.1) is 0 Å². The molecule has 0 unspecified atom stereocenters. The molecule has 0 saturated carbocycles. The average molecular weight is 251 g/mol. The summed E-state index contributed by atoms with van der Waals surface area (Å²) in [7, 11) is 0. The number of hydrogen-bond donors (Lipinski definition) is 1. The van der Waals surface area contributed by atoms with Crippen LogP contribution in [0.15, 0.2) is 18.2 Å². The lowest BCUT2D eigenvalue weighted by molar-refractivity contribution is 0.101. The fourth-order valence-corrected chi connectivity index (χ4v) is 2.91. The third-order valence-electron chi connectivity index (χ3n) is 2.98. The van der Waals surface area contributed by atoms with Gasteiger partial charge in [-0.3, -0.25) is 9.69 Å². The maximum Gasteiger partial charge on any atom is 0.159 e. The van der Waals surface area contributed by atoms with Crippen molar-refractivity contribution in [2.24, 2.45) is 0 Å². The van der Waals surface area contributed by atoms with Gasteiger partial charge in [-0.1, -0.05) is 0 Å². The van der Waals surface area contributed by atoms with Crippen LogP contribution in [0.25, 0.3) is 0 Å². The molecule has 0 aromatic heterocycles. The number of thioether (sulfide) groups is 1. The van der Waals surface area contributed by atoms with Crippen molar-refractivity contribution in [2.75, 3.05) is 24.6 Å². The Hall–Kier alpha value is -1.00. The van der Waals surface area contributed by atoms with Gasteiger partial charge in [0.2, 0.25) is 0 Å². The van der Waals surface area contributed by atoms with E-state index >= 15 is 0 Å². The van der Waals surface area contributed by atoms with Crippen LogP contribution in [0.3, 0.4) is 0 Å². The molecule has 0 atom stereocenters. The molecule has 4 heteroatoms. The van der Waals surface area contributed by atoms with Gasteiger partial charge in [0, 0.05) is 42.3 Å². The molecule has 1 aliphatic heterocycles. The summed E-state index contributed by atoms with van der Waals surface area (Å²) in [5.41, 5.74) is 1.52. The Morgan fingerprint density at radius 2 is 2.12 bits per heavy atom. The van der Waals surface area contributed by atoms with E-state index in [1.807, 2.05) is 11.8 Å². The van der Waals surface area contributed by atoms with Crippen molar-refractivity contribution in [3.63, 3.8) is 0 Å². The van der Waals surface area contributed by atoms with Crippen molar-refractivity contribution in [3.8, 4) is 5.75 Å². The number of Topliss-reactive ketones (excluding diaryl/α,β-unsaturated/α-hetero) is 1. The third kappa shape index (κ3) is 3.23. The Balaban J connectivity index is 2.13. The number of aromatic hydroxyl groups is 1. The van der Waals surface area contributed by atoms with Crippen molar-refractivity contribution in [3.05, 3.63) is 29.3 Å². The quantitative estimate of drug-likeness (QED) is 0.836. The summed E-state index contributed by atoms with van der Waals surface area (Å²) < 4.78 is 0. The van der Waals surface area contributed by atoms with Gasteiger partial charge in [-0.2, -0.15) is 11.8 Å². The van der Waals surface area contributed by atoms with Gasteiger partial charge in [0.1, 0.15) is 5.75 Å². The lowest BCUT2D eigenvalue weighted by Crippen LogP contribution is -2.32. The van der Waals surface area contributed by atoms with Gasteiger partial charge in [0.15, 0.2) is 5.78 Å². The van der Waals surface area contributed by atoms with E-state index in [-0.39, 0.29) is 11.5 Å². The summed E-state index contributed by atoms with van der Waals surface area (Å²) in [6.07, 6.45) is 0. The molecule has 0 spiro atoms. The largest absolute Gasteiger partial charge is 0.508 e. The number of ketones is 1. The molecule has 0 amide bonds. The monoisotopic (exact) mass is 251 g/mol. The Labute approximate surface area is 106 Å². The minimum atomic E-state index is 0.0421. The second kappa shape index (κ2) is 5.56. The average Bonchev–Trinajstić information content (AvgIpc) is 2.33. The molecule has 92 valence electrons. The highest BCUT2D eigenvalue weighted by Crippen LogP contribution is 2.22. The first-order valence-corrected chi connectivity index (χ1v) is 6.95. The SMILES string of the molecule is CC(=O)c1ccc(O)c(CN2CCSCC2)c1. The molecule has 2 rings (SSSR count). The van der Waals surface area contributed by atoms with Crippen LogP contribution < -0.4 is 0 Å². The molecular formula is C13H17NO2S. The van der Waals surface area contributed by atoms with E-state index in [9.17, 15) is 9.90 Å². The number of hydrogen-bond acceptors (Lipinski definition) is 4. The predicted molar refractivity (Wildman–Crippen MR) is 70.7 cm³/mol. The molecule has 1 aliphatic rings. The Bertz CT molecular complexity index is 414. The normalized spacial score (nSPS) is 17.0. The zero-order valence-corrected chi connectivity index (χ0v) is 10.8. The number of benzene rings is 1. The predicted octanol–water partition coefficient (Wildman–Crippen LogP) is 2.14. The molecule has 1 aromatic rings. The minimum Gasteiger partial charge on any atom is -0.508 e. The Morgan fingerprint density at radius 3 is 2.76 bits per heavy atom. The highest BCUT2D eigenvalue weighted by atomic mass is 32.2. The summed E-state index contributed by atoms with van der Waals surface area (Å²) in [6, 6.07) is 5.09. The zero-order chi connectivity index (χ0) is 12.3. The highest BCUT2D eigenvalue weighted by Gasteiger charge is 2.13. The van der Waals surface area contributed by atoms with E-state index in [4.69, 9.17) is 0 Å². The second-order valence-electron chi connectivity index (χ2n) is 4.29. The summed E-state index contributed by atoms with van der Waals surface area (Å²) in [5, 5.41) is 9.80. The van der Waals surface area contributed by atoms with Crippen molar-refractivity contribution >= 4 is 17.5 Å². The van der Waals surface area contributed by atoms with Gasteiger partial charge in [0.05, 0.1) is 0 Å². The van der Waals surface area contributed by atoms with E-state index in [0.717, 1.165) is 36.7 Å². The van der Waals surface area contributed by atoms with Crippen LogP contribution >= 0.6 is 11.8 Å². The van der Waals surface area contributed by atoms with E-state index in [2.05, 4.69) is 4.90 Å². The molecule has 3 nitrogen and oxygen atoms in total. The van der Waals surface area contributed by atoms with Crippen molar-refractivity contribution in [1.82, 2.24) is 4.90 Å². The topological polar surface area (TPSA) is 40.5 Å². The van der Waals surface area contributed by atoms with Gasteiger partial charge < -0.3 is 5.11 Å². The molecule has 0 bridgehead atoms. The van der Waals surface area contributed by atoms with E-state index < -0.39 is 0 Å². The smallest absolute Gasteiger partial charge is 0.159 e. The maximum atomic E-state index is 11.3. The number of phenols is 1. The van der Waals surface area contributed by atoms with Crippen LogP contribution in [0.4, 0.5) is 0 Å². The van der Waals surface area contributed by atoms with E-state index in [1.54, 1.807) is 25.1 Å². The molecule has 1 aromatic carbocycles. The number of carbonyl (C=O) groups is 1. The first-order valence-electron chi connectivity index (χ1n) is 5.80. The van der Waals surface area contributed by atoms with Gasteiger partial charge >= 0.3 is 0 Å². The lowest BCUT2D eigenvalue weighted by atomic mass is 10.1. The van der Waals surface area contributed by atoms with Crippen LogP contribution in [0.2, 0.25) is 0 Å². The third-order valence-corrected chi connectivity index (χ3v) is 3.93. The van der Waals surface area contributed by atoms with Crippen LogP contribution in [0.1, 0.15) is 22.8 Å². The van der Waals surface area contributed by atoms with Gasteiger partial charge in [-0.25, -0.2) is 0 Å². The summed E-state index contributed by atoms with van der Waals surface area (Å²) in [5.74, 6) is 2.62. The van der Waals surface area contributed by atoms with Crippen LogP contribution in [-0.2, 0) is 6.54 Å². The van der Waals surface area contributed by atoms with Crippen LogP contribution in [0, 0.1) is 0 Å². The van der Waals surface area contributed by atoms with Crippen LogP contribution in [0.5, 0.6) is 5.75 Å². The zero-order valence-electron chi connectivity index (χ0n) is 9.98. The number of carbonyl (C=O) groups excluding carboxylic acids is 1. The van der Waals surface area contributed by atoms with Crippen LogP contribution in [-0.4, -0.2) is 40.4 Å². The lowest BCUT2D eigenvalue weighted by Gasteiger charge is -2.26. The highest BCUT2D eigenvalue weighted by molar-refractivity contribution is 7.99. The number of rotatable bonds is 3. The molecule has 1 saturated heterocycles. The number of phenolic OH excluding ortho intramolecular Hbond substituents is 1. The van der Waals surface area contributed by atoms with Crippen molar-refractivity contribution in [2.45, 2.75) is 13.5 Å². The standard InChI is InChI=1S/C13H17NO2S/c1-10(15)11-2-3-13(16)12(8-11)9-14-4-6-17-7-5-14/h2-3,8,16H,4-7,9H2,1H3. The Morgan fingerprint density at radius 1 is 1.41 bits per heavy atom. The van der Waals surface area contributed by atoms with Crippen molar-refractivity contribution in [1.29, 1.82) is 0 Å². The van der Waals surface area contributed by atoms with Crippen molar-refractivity contribution < 1.29 is 9.90 Å². The first-order chi connectivity index (χ1) is 8.16. The molecule has 0 radical (unpaired) electrons. The van der Waals surface area contributed by atoms with E-state index in [1.165, 1.54) is 0 Å². The fraction of sp³-hybridized carbons (Fsp3) is 0.462. The Kier molecular flexibility index (Phi) is 4.07. The second-order valence-corrected chi connectivity index (χ2v) is 5.51. The molecule has 1 heterocycles. The molecule has 1 N–H and O–H groups in total. The molecule has 1 fully saturated rings. The summed E-state index contributed by atoms with van der Waals surface area (Å²) in [6.45, 7) is 4.38. The van der Waals surface area contributed by atoms with E-state index in [0.29, 0.717) is 5.56 Å². The molecular weight excluding hydrogens is 234 g/mol. The molecule has 0 aliphatic carbocycles. The fourth-order valence-electron chi connectivity index (χ4n) is 1.93.